The van der Waals surface area contributed by atoms with E-state index in [0.717, 1.165) is 46.6 Å². The van der Waals surface area contributed by atoms with E-state index in [9.17, 15) is 4.79 Å². The number of para-hydroxylation sites is 1. The molecule has 126 valence electrons. The Bertz CT molecular complexity index is 696. The summed E-state index contributed by atoms with van der Waals surface area (Å²) in [5, 5.41) is 0. The molecule has 0 bridgehead atoms. The standard InChI is InChI=1S/C17H17Br2N3O2/c18-14-2-1-3-15(19)16(14)20-21-17(23)12-4-6-13(7-5-12)22-8-10-24-11-9-22/h1-7,20H,8-11H2,(H,21,23). The number of halogens is 2. The molecule has 0 aliphatic carbocycles. The van der Waals surface area contributed by atoms with Crippen LogP contribution in [0.2, 0.25) is 0 Å². The minimum atomic E-state index is -0.189. The number of morpholine rings is 1. The quantitative estimate of drug-likeness (QED) is 0.690. The molecule has 0 radical (unpaired) electrons. The van der Waals surface area contributed by atoms with Gasteiger partial charge in [-0.25, -0.2) is 0 Å². The first-order valence-corrected chi connectivity index (χ1v) is 9.17. The molecule has 0 saturated carbocycles. The third-order valence-electron chi connectivity index (χ3n) is 3.77. The first kappa shape index (κ1) is 17.3. The first-order chi connectivity index (χ1) is 11.6. The van der Waals surface area contributed by atoms with Crippen LogP contribution in [0.5, 0.6) is 0 Å². The predicted molar refractivity (Wildman–Crippen MR) is 102 cm³/mol. The van der Waals surface area contributed by atoms with Gasteiger partial charge in [0.1, 0.15) is 0 Å². The van der Waals surface area contributed by atoms with Gasteiger partial charge in [-0.1, -0.05) is 6.07 Å². The van der Waals surface area contributed by atoms with Crippen LogP contribution in [-0.4, -0.2) is 32.2 Å². The normalized spacial score (nSPS) is 14.3. The van der Waals surface area contributed by atoms with Crippen LogP contribution in [-0.2, 0) is 4.74 Å². The Morgan fingerprint density at radius 3 is 2.25 bits per heavy atom. The van der Waals surface area contributed by atoms with E-state index < -0.39 is 0 Å². The highest BCUT2D eigenvalue weighted by molar-refractivity contribution is 9.11. The lowest BCUT2D eigenvalue weighted by Gasteiger charge is -2.28. The number of rotatable bonds is 4. The summed E-state index contributed by atoms with van der Waals surface area (Å²) in [6, 6.07) is 13.3. The summed E-state index contributed by atoms with van der Waals surface area (Å²) in [6.07, 6.45) is 0. The number of anilines is 2. The van der Waals surface area contributed by atoms with Crippen LogP contribution in [0.3, 0.4) is 0 Å². The van der Waals surface area contributed by atoms with E-state index in [4.69, 9.17) is 4.74 Å². The van der Waals surface area contributed by atoms with E-state index in [0.29, 0.717) is 5.56 Å². The Hall–Kier alpha value is -1.57. The molecule has 0 atom stereocenters. The average molecular weight is 455 g/mol. The van der Waals surface area contributed by atoms with Gasteiger partial charge in [0.25, 0.3) is 5.91 Å². The highest BCUT2D eigenvalue weighted by atomic mass is 79.9. The molecule has 1 saturated heterocycles. The lowest BCUT2D eigenvalue weighted by molar-refractivity contribution is 0.0962. The highest BCUT2D eigenvalue weighted by Crippen LogP contribution is 2.29. The Kier molecular flexibility index (Phi) is 5.76. The van der Waals surface area contributed by atoms with Gasteiger partial charge in [-0.2, -0.15) is 0 Å². The SMILES string of the molecule is O=C(NNc1c(Br)cccc1Br)c1ccc(N2CCOCC2)cc1. The minimum absolute atomic E-state index is 0.189. The number of amides is 1. The summed E-state index contributed by atoms with van der Waals surface area (Å²) in [5.41, 5.74) is 8.13. The molecule has 0 spiro atoms. The van der Waals surface area contributed by atoms with Gasteiger partial charge in [0.2, 0.25) is 0 Å². The number of carbonyl (C=O) groups is 1. The Morgan fingerprint density at radius 2 is 1.62 bits per heavy atom. The molecule has 1 heterocycles. The summed E-state index contributed by atoms with van der Waals surface area (Å²) in [5.74, 6) is -0.189. The van der Waals surface area contributed by atoms with E-state index in [1.54, 1.807) is 0 Å². The molecule has 24 heavy (non-hydrogen) atoms. The Balaban J connectivity index is 1.63. The molecule has 0 unspecified atom stereocenters. The molecule has 2 aromatic rings. The smallest absolute Gasteiger partial charge is 0.269 e. The van der Waals surface area contributed by atoms with Crippen molar-refractivity contribution >= 4 is 49.1 Å². The molecule has 0 aromatic heterocycles. The number of carbonyl (C=O) groups excluding carboxylic acids is 1. The van der Waals surface area contributed by atoms with E-state index in [1.165, 1.54) is 0 Å². The van der Waals surface area contributed by atoms with Crippen LogP contribution in [0.15, 0.2) is 51.4 Å². The van der Waals surface area contributed by atoms with Crippen molar-refractivity contribution in [1.29, 1.82) is 0 Å². The van der Waals surface area contributed by atoms with Crippen LogP contribution < -0.4 is 15.8 Å². The maximum absolute atomic E-state index is 12.3. The first-order valence-electron chi connectivity index (χ1n) is 7.58. The van der Waals surface area contributed by atoms with Crippen LogP contribution >= 0.6 is 31.9 Å². The largest absolute Gasteiger partial charge is 0.378 e. The second-order valence-electron chi connectivity index (χ2n) is 5.32. The maximum Gasteiger partial charge on any atom is 0.269 e. The lowest BCUT2D eigenvalue weighted by atomic mass is 10.2. The second kappa shape index (κ2) is 8.00. The van der Waals surface area contributed by atoms with Gasteiger partial charge in [-0.15, -0.1) is 0 Å². The summed E-state index contributed by atoms with van der Waals surface area (Å²) >= 11 is 6.90. The molecule has 7 heteroatoms. The Morgan fingerprint density at radius 1 is 1.00 bits per heavy atom. The zero-order valence-corrected chi connectivity index (χ0v) is 16.1. The molecule has 3 rings (SSSR count). The zero-order chi connectivity index (χ0) is 16.9. The minimum Gasteiger partial charge on any atom is -0.378 e. The van der Waals surface area contributed by atoms with Gasteiger partial charge >= 0.3 is 0 Å². The van der Waals surface area contributed by atoms with Gasteiger partial charge in [0.05, 0.1) is 18.9 Å². The summed E-state index contributed by atoms with van der Waals surface area (Å²) in [4.78, 5) is 14.5. The third-order valence-corrected chi connectivity index (χ3v) is 5.09. The van der Waals surface area contributed by atoms with Crippen molar-refractivity contribution in [2.45, 2.75) is 0 Å². The van der Waals surface area contributed by atoms with Crippen molar-refractivity contribution in [2.24, 2.45) is 0 Å². The van der Waals surface area contributed by atoms with Crippen LogP contribution in [0.1, 0.15) is 10.4 Å². The van der Waals surface area contributed by atoms with E-state index >= 15 is 0 Å². The number of hydrogen-bond acceptors (Lipinski definition) is 4. The molecule has 5 nitrogen and oxygen atoms in total. The average Bonchev–Trinajstić information content (AvgIpc) is 2.62. The number of nitrogens with one attached hydrogen (secondary N) is 2. The van der Waals surface area contributed by atoms with Crippen LogP contribution in [0, 0.1) is 0 Å². The van der Waals surface area contributed by atoms with Gasteiger partial charge < -0.3 is 9.64 Å². The van der Waals surface area contributed by atoms with Crippen molar-refractivity contribution in [3.63, 3.8) is 0 Å². The molecular formula is C17H17Br2N3O2. The van der Waals surface area contributed by atoms with Crippen molar-refractivity contribution < 1.29 is 9.53 Å². The fourth-order valence-corrected chi connectivity index (χ4v) is 3.65. The lowest BCUT2D eigenvalue weighted by Crippen LogP contribution is -2.36. The van der Waals surface area contributed by atoms with Crippen molar-refractivity contribution in [3.05, 3.63) is 57.0 Å². The number of hydrazine groups is 1. The number of benzene rings is 2. The van der Waals surface area contributed by atoms with Gasteiger partial charge in [-0.3, -0.25) is 15.6 Å². The maximum atomic E-state index is 12.3. The molecule has 1 amide bonds. The molecule has 2 aromatic carbocycles. The third kappa shape index (κ3) is 4.09. The van der Waals surface area contributed by atoms with Gasteiger partial charge in [0, 0.05) is 33.3 Å². The van der Waals surface area contributed by atoms with Crippen LogP contribution in [0.25, 0.3) is 0 Å². The fourth-order valence-electron chi connectivity index (χ4n) is 2.45. The number of ether oxygens (including phenoxy) is 1. The predicted octanol–water partition coefficient (Wildman–Crippen LogP) is 3.81. The fraction of sp³-hybridized carbons (Fsp3) is 0.235. The molecule has 1 aliphatic rings. The number of hydrogen-bond donors (Lipinski definition) is 2. The van der Waals surface area contributed by atoms with Crippen molar-refractivity contribution in [3.8, 4) is 0 Å². The van der Waals surface area contributed by atoms with Crippen LogP contribution in [0.4, 0.5) is 11.4 Å². The summed E-state index contributed by atoms with van der Waals surface area (Å²) < 4.78 is 7.08. The Labute approximate surface area is 157 Å². The van der Waals surface area contributed by atoms with Crippen molar-refractivity contribution in [1.82, 2.24) is 5.43 Å². The molecule has 1 fully saturated rings. The zero-order valence-electron chi connectivity index (χ0n) is 12.9. The van der Waals surface area contributed by atoms with E-state index in [2.05, 4.69) is 47.6 Å². The monoisotopic (exact) mass is 453 g/mol. The van der Waals surface area contributed by atoms with Gasteiger partial charge in [-0.05, 0) is 68.3 Å². The van der Waals surface area contributed by atoms with E-state index in [-0.39, 0.29) is 5.91 Å². The van der Waals surface area contributed by atoms with Gasteiger partial charge in [0.15, 0.2) is 0 Å². The summed E-state index contributed by atoms with van der Waals surface area (Å²) in [7, 11) is 0. The molecule has 2 N–H and O–H groups in total. The topological polar surface area (TPSA) is 53.6 Å². The molecular weight excluding hydrogens is 438 g/mol. The summed E-state index contributed by atoms with van der Waals surface area (Å²) in [6.45, 7) is 3.24. The highest BCUT2D eigenvalue weighted by Gasteiger charge is 2.12. The second-order valence-corrected chi connectivity index (χ2v) is 7.03. The van der Waals surface area contributed by atoms with E-state index in [1.807, 2.05) is 42.5 Å². The molecule has 1 aliphatic heterocycles. The number of nitrogens with zero attached hydrogens (tertiary/aromatic N) is 1. The van der Waals surface area contributed by atoms with Crippen molar-refractivity contribution in [2.75, 3.05) is 36.6 Å².